The van der Waals surface area contributed by atoms with Gasteiger partial charge in [-0.25, -0.2) is 9.97 Å². The van der Waals surface area contributed by atoms with Crippen LogP contribution < -0.4 is 0 Å². The van der Waals surface area contributed by atoms with Crippen LogP contribution >= 0.6 is 0 Å². The fourth-order valence-electron chi connectivity index (χ4n) is 2.00. The molecule has 1 fully saturated rings. The average molecular weight is 192 g/mol. The Morgan fingerprint density at radius 3 is 2.64 bits per heavy atom. The van der Waals surface area contributed by atoms with Gasteiger partial charge in [0.25, 0.3) is 0 Å². The first-order valence-electron chi connectivity index (χ1n) is 5.23. The lowest BCUT2D eigenvalue weighted by Crippen LogP contribution is -2.18. The average Bonchev–Trinajstić information content (AvgIpc) is 2.19. The van der Waals surface area contributed by atoms with E-state index in [-0.39, 0.29) is 6.10 Å². The first-order valence-corrected chi connectivity index (χ1v) is 5.23. The monoisotopic (exact) mass is 192 g/mol. The van der Waals surface area contributed by atoms with Crippen molar-refractivity contribution in [2.24, 2.45) is 0 Å². The molecule has 0 unspecified atom stereocenters. The van der Waals surface area contributed by atoms with E-state index in [4.69, 9.17) is 0 Å². The van der Waals surface area contributed by atoms with E-state index in [9.17, 15) is 5.11 Å². The minimum Gasteiger partial charge on any atom is -0.393 e. The molecule has 1 saturated carbocycles. The molecule has 1 heterocycles. The predicted molar refractivity (Wildman–Crippen MR) is 54.0 cm³/mol. The van der Waals surface area contributed by atoms with Crippen molar-refractivity contribution in [3.63, 3.8) is 0 Å². The zero-order valence-electron chi connectivity index (χ0n) is 8.48. The van der Waals surface area contributed by atoms with Crippen LogP contribution in [0.1, 0.15) is 43.1 Å². The van der Waals surface area contributed by atoms with Crippen molar-refractivity contribution in [3.8, 4) is 0 Å². The van der Waals surface area contributed by atoms with Crippen molar-refractivity contribution in [2.75, 3.05) is 0 Å². The van der Waals surface area contributed by atoms with Crippen LogP contribution in [0.25, 0.3) is 0 Å². The third kappa shape index (κ3) is 2.10. The van der Waals surface area contributed by atoms with Gasteiger partial charge < -0.3 is 5.11 Å². The molecule has 0 radical (unpaired) electrons. The molecular formula is C11H16N2O. The molecule has 1 aliphatic rings. The number of hydrogen-bond donors (Lipinski definition) is 1. The van der Waals surface area contributed by atoms with E-state index >= 15 is 0 Å². The molecule has 1 aliphatic carbocycles. The smallest absolute Gasteiger partial charge is 0.131 e. The molecular weight excluding hydrogens is 176 g/mol. The van der Waals surface area contributed by atoms with Gasteiger partial charge >= 0.3 is 0 Å². The maximum absolute atomic E-state index is 9.39. The fourth-order valence-corrected chi connectivity index (χ4v) is 2.00. The topological polar surface area (TPSA) is 46.0 Å². The van der Waals surface area contributed by atoms with E-state index in [2.05, 4.69) is 9.97 Å². The van der Waals surface area contributed by atoms with Gasteiger partial charge in [0.1, 0.15) is 5.82 Å². The third-order valence-electron chi connectivity index (χ3n) is 2.88. The Labute approximate surface area is 84.2 Å². The second-order valence-electron chi connectivity index (χ2n) is 4.06. The van der Waals surface area contributed by atoms with Gasteiger partial charge in [0, 0.05) is 17.8 Å². The number of aliphatic hydroxyl groups is 1. The van der Waals surface area contributed by atoms with Crippen LogP contribution in [0.2, 0.25) is 0 Å². The first-order chi connectivity index (χ1) is 6.75. The van der Waals surface area contributed by atoms with Gasteiger partial charge in [-0.05, 0) is 38.7 Å². The lowest BCUT2D eigenvalue weighted by atomic mass is 9.87. The Kier molecular flexibility index (Phi) is 2.77. The first kappa shape index (κ1) is 9.59. The number of aromatic nitrogens is 2. The van der Waals surface area contributed by atoms with E-state index in [0.29, 0.717) is 5.92 Å². The lowest BCUT2D eigenvalue weighted by molar-refractivity contribution is 0.121. The Bertz CT molecular complexity index is 306. The molecule has 1 aromatic heterocycles. The molecule has 2 rings (SSSR count). The summed E-state index contributed by atoms with van der Waals surface area (Å²) in [7, 11) is 0. The van der Waals surface area contributed by atoms with Gasteiger partial charge in [-0.1, -0.05) is 0 Å². The summed E-state index contributed by atoms with van der Waals surface area (Å²) >= 11 is 0. The number of hydrogen-bond acceptors (Lipinski definition) is 3. The molecule has 1 N–H and O–H groups in total. The number of nitrogens with zero attached hydrogens (tertiary/aromatic N) is 2. The maximum Gasteiger partial charge on any atom is 0.131 e. The van der Waals surface area contributed by atoms with Crippen LogP contribution in [0.4, 0.5) is 0 Å². The van der Waals surface area contributed by atoms with E-state index in [1.54, 1.807) is 0 Å². The fraction of sp³-hybridized carbons (Fsp3) is 0.636. The Hall–Kier alpha value is -0.960. The van der Waals surface area contributed by atoms with Crippen molar-refractivity contribution < 1.29 is 5.11 Å². The zero-order valence-corrected chi connectivity index (χ0v) is 8.48. The highest BCUT2D eigenvalue weighted by Gasteiger charge is 2.22. The Morgan fingerprint density at radius 2 is 2.00 bits per heavy atom. The summed E-state index contributed by atoms with van der Waals surface area (Å²) in [4.78, 5) is 8.72. The molecule has 0 saturated heterocycles. The van der Waals surface area contributed by atoms with Crippen LogP contribution in [0.15, 0.2) is 12.3 Å². The number of aliphatic hydroxyl groups excluding tert-OH is 1. The minimum absolute atomic E-state index is 0.101. The van der Waals surface area contributed by atoms with Crippen molar-refractivity contribution in [1.29, 1.82) is 0 Å². The third-order valence-corrected chi connectivity index (χ3v) is 2.88. The summed E-state index contributed by atoms with van der Waals surface area (Å²) in [6.07, 6.45) is 5.54. The molecule has 0 aromatic carbocycles. The molecule has 0 aliphatic heterocycles. The molecule has 3 heteroatoms. The number of aryl methyl sites for hydroxylation is 1. The minimum atomic E-state index is -0.101. The van der Waals surface area contributed by atoms with Crippen LogP contribution in [0.5, 0.6) is 0 Å². The molecule has 1 aromatic rings. The van der Waals surface area contributed by atoms with Gasteiger partial charge in [-0.15, -0.1) is 0 Å². The molecule has 0 amide bonds. The number of rotatable bonds is 1. The maximum atomic E-state index is 9.39. The van der Waals surface area contributed by atoms with Crippen molar-refractivity contribution in [2.45, 2.75) is 44.6 Å². The van der Waals surface area contributed by atoms with Gasteiger partial charge in [0.15, 0.2) is 0 Å². The van der Waals surface area contributed by atoms with E-state index in [1.807, 2.05) is 19.2 Å². The van der Waals surface area contributed by atoms with Crippen molar-refractivity contribution in [1.82, 2.24) is 9.97 Å². The molecule has 0 bridgehead atoms. The predicted octanol–water partition coefficient (Wildman–Crippen LogP) is 1.80. The van der Waals surface area contributed by atoms with E-state index < -0.39 is 0 Å². The molecule has 0 atom stereocenters. The molecule has 3 nitrogen and oxygen atoms in total. The van der Waals surface area contributed by atoms with Gasteiger partial charge in [-0.3, -0.25) is 0 Å². The SMILES string of the molecule is Cc1ccnc(C2CCC(O)CC2)n1. The lowest BCUT2D eigenvalue weighted by Gasteiger charge is -2.24. The standard InChI is InChI=1S/C11H16N2O/c1-8-6-7-12-11(13-8)9-2-4-10(14)5-3-9/h6-7,9-10,14H,2-5H2,1H3. The summed E-state index contributed by atoms with van der Waals surface area (Å²) in [5.41, 5.74) is 1.03. The second-order valence-corrected chi connectivity index (χ2v) is 4.06. The van der Waals surface area contributed by atoms with E-state index in [1.165, 1.54) is 0 Å². The normalized spacial score (nSPS) is 27.6. The van der Waals surface area contributed by atoms with Crippen LogP contribution in [0.3, 0.4) is 0 Å². The van der Waals surface area contributed by atoms with Crippen molar-refractivity contribution in [3.05, 3.63) is 23.8 Å². The van der Waals surface area contributed by atoms with Gasteiger partial charge in [-0.2, -0.15) is 0 Å². The highest BCUT2D eigenvalue weighted by Crippen LogP contribution is 2.30. The molecule has 0 spiro atoms. The summed E-state index contributed by atoms with van der Waals surface area (Å²) in [6, 6.07) is 1.92. The molecule has 76 valence electrons. The summed E-state index contributed by atoms with van der Waals surface area (Å²) < 4.78 is 0. The summed E-state index contributed by atoms with van der Waals surface area (Å²) in [5.74, 6) is 1.41. The highest BCUT2D eigenvalue weighted by atomic mass is 16.3. The molecule has 14 heavy (non-hydrogen) atoms. The Morgan fingerprint density at radius 1 is 1.29 bits per heavy atom. The van der Waals surface area contributed by atoms with Gasteiger partial charge in [0.05, 0.1) is 6.10 Å². The highest BCUT2D eigenvalue weighted by molar-refractivity contribution is 5.04. The van der Waals surface area contributed by atoms with Crippen LogP contribution in [-0.4, -0.2) is 21.2 Å². The van der Waals surface area contributed by atoms with Gasteiger partial charge in [0.2, 0.25) is 0 Å². The van der Waals surface area contributed by atoms with Crippen LogP contribution in [0, 0.1) is 6.92 Å². The van der Waals surface area contributed by atoms with Crippen LogP contribution in [-0.2, 0) is 0 Å². The second kappa shape index (κ2) is 4.05. The van der Waals surface area contributed by atoms with E-state index in [0.717, 1.165) is 37.2 Å². The summed E-state index contributed by atoms with van der Waals surface area (Å²) in [6.45, 7) is 1.99. The summed E-state index contributed by atoms with van der Waals surface area (Å²) in [5, 5.41) is 9.39. The largest absolute Gasteiger partial charge is 0.393 e. The Balaban J connectivity index is 2.08. The zero-order chi connectivity index (χ0) is 9.97. The quantitative estimate of drug-likeness (QED) is 0.738. The van der Waals surface area contributed by atoms with Crippen molar-refractivity contribution >= 4 is 0 Å².